The average molecular weight is 636 g/mol. The van der Waals surface area contributed by atoms with Gasteiger partial charge in [-0.3, -0.25) is 9.52 Å². The normalized spacial score (nSPS) is 13.2. The second-order valence-electron chi connectivity index (χ2n) is 10.4. The number of nitrogens with one attached hydrogen (secondary N) is 1. The van der Waals surface area contributed by atoms with Crippen LogP contribution in [0.2, 0.25) is 0 Å². The third-order valence-corrected chi connectivity index (χ3v) is 9.87. The van der Waals surface area contributed by atoms with E-state index in [-0.39, 0.29) is 22.1 Å². The zero-order valence-electron chi connectivity index (χ0n) is 24.4. The molecule has 5 aromatic rings. The number of sulfonamides is 1. The summed E-state index contributed by atoms with van der Waals surface area (Å²) in [7, 11) is -2.56. The van der Waals surface area contributed by atoms with E-state index in [4.69, 9.17) is 9.72 Å². The predicted octanol–water partition coefficient (Wildman–Crippen LogP) is 6.12. The van der Waals surface area contributed by atoms with Crippen LogP contribution in [0.25, 0.3) is 22.4 Å². The van der Waals surface area contributed by atoms with Gasteiger partial charge >= 0.3 is 0 Å². The van der Waals surface area contributed by atoms with Crippen LogP contribution in [0.5, 0.6) is 5.75 Å². The van der Waals surface area contributed by atoms with Crippen LogP contribution in [-0.4, -0.2) is 57.5 Å². The summed E-state index contributed by atoms with van der Waals surface area (Å²) in [5, 5.41) is 12.1. The number of hydrogen-bond donors (Lipinski definition) is 1. The third kappa shape index (κ3) is 6.52. The minimum Gasteiger partial charge on any atom is -0.497 e. The standard InChI is InChI=1S/C34H29N5O4S2/c1-43-28-12-15-30(33(40)38-16-18-39(19-17-38)34-36-32(23-44-34)26-7-3-2-4-8-26)31(21-28)37-45(41,42)29-13-10-25(11-14-29)27-9-5-6-24(20-27)22-35/h2-15,20-21,23,37H,16-19H2,1H3. The lowest BCUT2D eigenvalue weighted by Crippen LogP contribution is -2.49. The van der Waals surface area contributed by atoms with Gasteiger partial charge in [0.15, 0.2) is 5.13 Å². The van der Waals surface area contributed by atoms with Crippen molar-refractivity contribution in [3.63, 3.8) is 0 Å². The fourth-order valence-corrected chi connectivity index (χ4v) is 7.10. The number of amides is 1. The highest BCUT2D eigenvalue weighted by Gasteiger charge is 2.27. The van der Waals surface area contributed by atoms with Crippen molar-refractivity contribution in [1.82, 2.24) is 9.88 Å². The molecule has 0 atom stereocenters. The van der Waals surface area contributed by atoms with Gasteiger partial charge in [0.05, 0.1) is 40.6 Å². The predicted molar refractivity (Wildman–Crippen MR) is 176 cm³/mol. The van der Waals surface area contributed by atoms with Crippen molar-refractivity contribution in [2.24, 2.45) is 0 Å². The molecule has 0 bridgehead atoms. The van der Waals surface area contributed by atoms with Crippen molar-refractivity contribution >= 4 is 38.1 Å². The number of carbonyl (C=O) groups is 1. The maximum atomic E-state index is 13.7. The number of nitrogens with zero attached hydrogens (tertiary/aromatic N) is 4. The summed E-state index contributed by atoms with van der Waals surface area (Å²) in [6.45, 7) is 2.14. The molecule has 9 nitrogen and oxygen atoms in total. The molecule has 1 amide bonds. The van der Waals surface area contributed by atoms with Crippen LogP contribution in [0, 0.1) is 11.3 Å². The summed E-state index contributed by atoms with van der Waals surface area (Å²) in [5.41, 5.74) is 4.45. The number of rotatable bonds is 8. The fraction of sp³-hybridized carbons (Fsp3) is 0.147. The van der Waals surface area contributed by atoms with Gasteiger partial charge in [-0.25, -0.2) is 13.4 Å². The Labute approximate surface area is 266 Å². The molecular formula is C34H29N5O4S2. The van der Waals surface area contributed by atoms with Crippen LogP contribution in [0.4, 0.5) is 10.8 Å². The van der Waals surface area contributed by atoms with Gasteiger partial charge in [0, 0.05) is 43.2 Å². The molecule has 1 fully saturated rings. The smallest absolute Gasteiger partial charge is 0.261 e. The second-order valence-corrected chi connectivity index (χ2v) is 12.9. The van der Waals surface area contributed by atoms with Crippen molar-refractivity contribution in [3.8, 4) is 34.2 Å². The van der Waals surface area contributed by atoms with Gasteiger partial charge in [0.25, 0.3) is 15.9 Å². The summed E-state index contributed by atoms with van der Waals surface area (Å²) < 4.78 is 34.9. The van der Waals surface area contributed by atoms with Gasteiger partial charge in [0.2, 0.25) is 0 Å². The van der Waals surface area contributed by atoms with Gasteiger partial charge in [-0.1, -0.05) is 54.6 Å². The van der Waals surface area contributed by atoms with Crippen molar-refractivity contribution < 1.29 is 17.9 Å². The van der Waals surface area contributed by atoms with Crippen LogP contribution >= 0.6 is 11.3 Å². The number of nitriles is 1. The topological polar surface area (TPSA) is 116 Å². The Morgan fingerprint density at radius 3 is 2.33 bits per heavy atom. The molecule has 0 aliphatic carbocycles. The van der Waals surface area contributed by atoms with E-state index < -0.39 is 10.0 Å². The van der Waals surface area contributed by atoms with Crippen molar-refractivity contribution in [2.45, 2.75) is 4.90 Å². The number of carbonyl (C=O) groups excluding carboxylic acids is 1. The Hall–Kier alpha value is -5.18. The molecule has 1 aliphatic rings. The molecule has 6 rings (SSSR count). The zero-order valence-corrected chi connectivity index (χ0v) is 26.0. The van der Waals surface area contributed by atoms with Gasteiger partial charge in [-0.2, -0.15) is 5.26 Å². The maximum absolute atomic E-state index is 13.7. The Morgan fingerprint density at radius 1 is 0.889 bits per heavy atom. The Kier molecular flexibility index (Phi) is 8.51. The van der Waals surface area contributed by atoms with Gasteiger partial charge in [-0.15, -0.1) is 11.3 Å². The molecule has 0 unspecified atom stereocenters. The lowest BCUT2D eigenvalue weighted by molar-refractivity contribution is 0.0748. The van der Waals surface area contributed by atoms with E-state index in [9.17, 15) is 18.5 Å². The molecule has 226 valence electrons. The van der Waals surface area contributed by atoms with E-state index in [0.29, 0.717) is 37.5 Å². The molecular weight excluding hydrogens is 607 g/mol. The Balaban J connectivity index is 1.17. The first-order chi connectivity index (χ1) is 21.8. The quantitative estimate of drug-likeness (QED) is 0.218. The minimum absolute atomic E-state index is 0.0378. The summed E-state index contributed by atoms with van der Waals surface area (Å²) in [5.74, 6) is 0.145. The molecule has 4 aromatic carbocycles. The van der Waals surface area contributed by atoms with Crippen LogP contribution in [0.1, 0.15) is 15.9 Å². The monoisotopic (exact) mass is 635 g/mol. The van der Waals surface area contributed by atoms with Crippen LogP contribution in [0.15, 0.2) is 107 Å². The first-order valence-electron chi connectivity index (χ1n) is 14.2. The first-order valence-corrected chi connectivity index (χ1v) is 16.6. The van der Waals surface area contributed by atoms with Gasteiger partial charge in [0.1, 0.15) is 5.75 Å². The first kappa shape index (κ1) is 29.9. The molecule has 1 aromatic heterocycles. The van der Waals surface area contributed by atoms with Crippen molar-refractivity contribution in [1.29, 1.82) is 5.26 Å². The molecule has 11 heteroatoms. The number of benzene rings is 4. The minimum atomic E-state index is -4.05. The molecule has 0 spiro atoms. The summed E-state index contributed by atoms with van der Waals surface area (Å²) >= 11 is 1.58. The van der Waals surface area contributed by atoms with E-state index >= 15 is 0 Å². The molecule has 0 saturated carbocycles. The van der Waals surface area contributed by atoms with Crippen molar-refractivity contribution in [3.05, 3.63) is 114 Å². The number of anilines is 2. The van der Waals surface area contributed by atoms with Crippen LogP contribution in [0.3, 0.4) is 0 Å². The van der Waals surface area contributed by atoms with Crippen LogP contribution < -0.4 is 14.4 Å². The number of thiazole rings is 1. The Morgan fingerprint density at radius 2 is 1.62 bits per heavy atom. The highest BCUT2D eigenvalue weighted by Crippen LogP contribution is 2.30. The molecule has 2 heterocycles. The Bertz CT molecular complexity index is 1980. The number of aromatic nitrogens is 1. The fourth-order valence-electron chi connectivity index (χ4n) is 5.14. The molecule has 1 aliphatic heterocycles. The maximum Gasteiger partial charge on any atom is 0.261 e. The largest absolute Gasteiger partial charge is 0.497 e. The van der Waals surface area contributed by atoms with E-state index in [1.54, 1.807) is 58.7 Å². The summed E-state index contributed by atoms with van der Waals surface area (Å²) in [6.07, 6.45) is 0. The highest BCUT2D eigenvalue weighted by molar-refractivity contribution is 7.92. The van der Waals surface area contributed by atoms with Gasteiger partial charge < -0.3 is 14.5 Å². The number of piperazine rings is 1. The third-order valence-electron chi connectivity index (χ3n) is 7.59. The second kappa shape index (κ2) is 12.8. The average Bonchev–Trinajstić information content (AvgIpc) is 3.59. The van der Waals surface area contributed by atoms with E-state index in [2.05, 4.69) is 15.7 Å². The van der Waals surface area contributed by atoms with Crippen LogP contribution in [-0.2, 0) is 10.0 Å². The molecule has 45 heavy (non-hydrogen) atoms. The SMILES string of the molecule is COc1ccc(C(=O)N2CCN(c3nc(-c4ccccc4)cs3)CC2)c(NS(=O)(=O)c2ccc(-c3cccc(C#N)c3)cc2)c1. The number of methoxy groups -OCH3 is 1. The lowest BCUT2D eigenvalue weighted by atomic mass is 10.0. The summed E-state index contributed by atoms with van der Waals surface area (Å²) in [4.78, 5) is 22.5. The zero-order chi connectivity index (χ0) is 31.4. The number of hydrogen-bond acceptors (Lipinski definition) is 8. The van der Waals surface area contributed by atoms with E-state index in [1.807, 2.05) is 41.8 Å². The number of ether oxygens (including phenoxy) is 1. The highest BCUT2D eigenvalue weighted by atomic mass is 32.2. The summed E-state index contributed by atoms with van der Waals surface area (Å²) in [6, 6.07) is 30.3. The molecule has 0 radical (unpaired) electrons. The van der Waals surface area contributed by atoms with Gasteiger partial charge in [-0.05, 0) is 47.5 Å². The lowest BCUT2D eigenvalue weighted by Gasteiger charge is -2.35. The van der Waals surface area contributed by atoms with E-state index in [0.717, 1.165) is 27.5 Å². The molecule has 1 saturated heterocycles. The van der Waals surface area contributed by atoms with Crippen molar-refractivity contribution in [2.75, 3.05) is 42.9 Å². The molecule has 1 N–H and O–H groups in total. The van der Waals surface area contributed by atoms with E-state index in [1.165, 1.54) is 25.3 Å².